The van der Waals surface area contributed by atoms with E-state index in [9.17, 15) is 0 Å². The molecule has 0 aromatic carbocycles. The van der Waals surface area contributed by atoms with Gasteiger partial charge in [0.25, 0.3) is 0 Å². The molecule has 2 N–H and O–H groups in total. The maximum Gasteiger partial charge on any atom is 0.0719 e. The van der Waals surface area contributed by atoms with Crippen molar-refractivity contribution in [2.75, 3.05) is 5.73 Å². The molecule has 3 nitrogen and oxygen atoms in total. The molecule has 0 spiro atoms. The van der Waals surface area contributed by atoms with Crippen LogP contribution in [-0.2, 0) is 0 Å². The van der Waals surface area contributed by atoms with E-state index in [1.807, 2.05) is 10.9 Å². The minimum absolute atomic E-state index is 0.505. The maximum absolute atomic E-state index is 5.58. The van der Waals surface area contributed by atoms with E-state index >= 15 is 0 Å². The predicted octanol–water partition coefficient (Wildman–Crippen LogP) is 1.83. The molecule has 66 valence electrons. The summed E-state index contributed by atoms with van der Waals surface area (Å²) in [6.45, 7) is 4.58. The van der Waals surface area contributed by atoms with Crippen molar-refractivity contribution in [2.45, 2.75) is 32.7 Å². The van der Waals surface area contributed by atoms with Crippen molar-refractivity contribution in [3.05, 3.63) is 12.4 Å². The Morgan fingerprint density at radius 3 is 2.67 bits per heavy atom. The van der Waals surface area contributed by atoms with Gasteiger partial charge in [-0.3, -0.25) is 4.68 Å². The van der Waals surface area contributed by atoms with Crippen molar-refractivity contribution in [1.82, 2.24) is 9.78 Å². The summed E-state index contributed by atoms with van der Waals surface area (Å²) in [5.74, 6) is 0. The molecular formula is C9H15N3. The Morgan fingerprint density at radius 1 is 1.58 bits per heavy atom. The first-order valence-corrected chi connectivity index (χ1v) is 4.36. The summed E-state index contributed by atoms with van der Waals surface area (Å²) in [5.41, 5.74) is 6.85. The van der Waals surface area contributed by atoms with Crippen LogP contribution in [0.1, 0.15) is 32.7 Å². The first kappa shape index (κ1) is 7.65. The van der Waals surface area contributed by atoms with Gasteiger partial charge in [-0.25, -0.2) is 0 Å². The monoisotopic (exact) mass is 165 g/mol. The number of nitrogens with two attached hydrogens (primary N) is 1. The third kappa shape index (κ3) is 1.19. The van der Waals surface area contributed by atoms with Crippen LogP contribution in [0.5, 0.6) is 0 Å². The Kier molecular flexibility index (Phi) is 1.43. The molecule has 1 heterocycles. The van der Waals surface area contributed by atoms with E-state index in [0.717, 1.165) is 5.69 Å². The average molecular weight is 165 g/mol. The fourth-order valence-corrected chi connectivity index (χ4v) is 1.96. The third-order valence-corrected chi connectivity index (χ3v) is 2.57. The molecule has 3 heteroatoms. The van der Waals surface area contributed by atoms with Crippen LogP contribution in [0.2, 0.25) is 0 Å². The highest BCUT2D eigenvalue weighted by molar-refractivity contribution is 5.30. The van der Waals surface area contributed by atoms with Crippen molar-refractivity contribution < 1.29 is 0 Å². The zero-order valence-corrected chi connectivity index (χ0v) is 7.62. The molecule has 0 atom stereocenters. The van der Waals surface area contributed by atoms with Crippen LogP contribution in [0.15, 0.2) is 12.4 Å². The van der Waals surface area contributed by atoms with Crippen molar-refractivity contribution in [1.29, 1.82) is 0 Å². The van der Waals surface area contributed by atoms with Gasteiger partial charge in [0.2, 0.25) is 0 Å². The lowest BCUT2D eigenvalue weighted by Crippen LogP contribution is -2.33. The van der Waals surface area contributed by atoms with E-state index < -0.39 is 0 Å². The topological polar surface area (TPSA) is 43.8 Å². The molecule has 2 rings (SSSR count). The number of aromatic nitrogens is 2. The Balaban J connectivity index is 2.06. The van der Waals surface area contributed by atoms with Crippen molar-refractivity contribution >= 4 is 5.69 Å². The van der Waals surface area contributed by atoms with E-state index in [2.05, 4.69) is 18.9 Å². The van der Waals surface area contributed by atoms with Gasteiger partial charge >= 0.3 is 0 Å². The van der Waals surface area contributed by atoms with Crippen molar-refractivity contribution in [3.8, 4) is 0 Å². The molecule has 1 aromatic rings. The second kappa shape index (κ2) is 2.25. The van der Waals surface area contributed by atoms with Gasteiger partial charge in [-0.2, -0.15) is 5.10 Å². The number of rotatable bonds is 1. The largest absolute Gasteiger partial charge is 0.396 e. The maximum atomic E-state index is 5.58. The van der Waals surface area contributed by atoms with Gasteiger partial charge in [0, 0.05) is 6.20 Å². The first-order chi connectivity index (χ1) is 5.57. The van der Waals surface area contributed by atoms with E-state index in [4.69, 9.17) is 5.73 Å². The lowest BCUT2D eigenvalue weighted by atomic mass is 9.68. The summed E-state index contributed by atoms with van der Waals surface area (Å²) in [5, 5.41) is 4.20. The van der Waals surface area contributed by atoms with Crippen LogP contribution in [0.25, 0.3) is 0 Å². The van der Waals surface area contributed by atoms with Crippen LogP contribution < -0.4 is 5.73 Å². The van der Waals surface area contributed by atoms with E-state index in [0.29, 0.717) is 11.5 Å². The van der Waals surface area contributed by atoms with Crippen molar-refractivity contribution in [3.63, 3.8) is 0 Å². The summed E-state index contributed by atoms with van der Waals surface area (Å²) in [6.07, 6.45) is 6.06. The first-order valence-electron chi connectivity index (χ1n) is 4.36. The minimum Gasteiger partial charge on any atom is -0.396 e. The number of nitrogen functional groups attached to an aromatic ring is 1. The van der Waals surface area contributed by atoms with Gasteiger partial charge in [-0.15, -0.1) is 0 Å². The molecule has 0 bridgehead atoms. The zero-order valence-electron chi connectivity index (χ0n) is 7.62. The standard InChI is InChI=1S/C9H15N3/c1-9(2)3-8(4-9)12-6-7(10)5-11-12/h5-6,8H,3-4,10H2,1-2H3. The Bertz CT molecular complexity index is 280. The highest BCUT2D eigenvalue weighted by Crippen LogP contribution is 2.47. The van der Waals surface area contributed by atoms with Gasteiger partial charge in [0.15, 0.2) is 0 Å². The molecule has 1 aliphatic rings. The molecule has 0 amide bonds. The summed E-state index contributed by atoms with van der Waals surface area (Å²) >= 11 is 0. The molecule has 0 aliphatic heterocycles. The molecule has 0 radical (unpaired) electrons. The molecule has 12 heavy (non-hydrogen) atoms. The van der Waals surface area contributed by atoms with Gasteiger partial charge in [-0.05, 0) is 18.3 Å². The summed E-state index contributed by atoms with van der Waals surface area (Å²) in [4.78, 5) is 0. The lowest BCUT2D eigenvalue weighted by molar-refractivity contribution is 0.0949. The highest BCUT2D eigenvalue weighted by atomic mass is 15.3. The molecule has 0 unspecified atom stereocenters. The van der Waals surface area contributed by atoms with Crippen molar-refractivity contribution in [2.24, 2.45) is 5.41 Å². The number of hydrogen-bond donors (Lipinski definition) is 1. The predicted molar refractivity (Wildman–Crippen MR) is 48.7 cm³/mol. The third-order valence-electron chi connectivity index (χ3n) is 2.57. The number of anilines is 1. The summed E-state index contributed by atoms with van der Waals surface area (Å²) < 4.78 is 1.99. The second-order valence-corrected chi connectivity index (χ2v) is 4.48. The Labute approximate surface area is 72.6 Å². The fourth-order valence-electron chi connectivity index (χ4n) is 1.96. The van der Waals surface area contributed by atoms with E-state index in [-0.39, 0.29) is 0 Å². The van der Waals surface area contributed by atoms with Gasteiger partial charge in [-0.1, -0.05) is 13.8 Å². The Morgan fingerprint density at radius 2 is 2.25 bits per heavy atom. The molecule has 1 aromatic heterocycles. The molecule has 1 saturated carbocycles. The quantitative estimate of drug-likeness (QED) is 0.690. The van der Waals surface area contributed by atoms with E-state index in [1.165, 1.54) is 12.8 Å². The minimum atomic E-state index is 0.505. The van der Waals surface area contributed by atoms with Gasteiger partial charge < -0.3 is 5.73 Å². The van der Waals surface area contributed by atoms with Crippen LogP contribution in [0, 0.1) is 5.41 Å². The van der Waals surface area contributed by atoms with Gasteiger partial charge in [0.1, 0.15) is 0 Å². The fraction of sp³-hybridized carbons (Fsp3) is 0.667. The summed E-state index contributed by atoms with van der Waals surface area (Å²) in [6, 6.07) is 0.581. The molecule has 1 aliphatic carbocycles. The molecule has 0 saturated heterocycles. The van der Waals surface area contributed by atoms with Gasteiger partial charge in [0.05, 0.1) is 17.9 Å². The van der Waals surface area contributed by atoms with Crippen LogP contribution in [0.4, 0.5) is 5.69 Å². The molecular weight excluding hydrogens is 150 g/mol. The SMILES string of the molecule is CC1(C)CC(n2cc(N)cn2)C1. The number of hydrogen-bond acceptors (Lipinski definition) is 2. The number of nitrogens with zero attached hydrogens (tertiary/aromatic N) is 2. The lowest BCUT2D eigenvalue weighted by Gasteiger charge is -2.42. The average Bonchev–Trinajstić information content (AvgIpc) is 2.30. The highest BCUT2D eigenvalue weighted by Gasteiger charge is 2.37. The normalized spacial score (nSPS) is 22.2. The van der Waals surface area contributed by atoms with Crippen LogP contribution in [0.3, 0.4) is 0 Å². The molecule has 1 fully saturated rings. The van der Waals surface area contributed by atoms with Crippen LogP contribution >= 0.6 is 0 Å². The zero-order chi connectivity index (χ0) is 8.77. The van der Waals surface area contributed by atoms with Crippen LogP contribution in [-0.4, -0.2) is 9.78 Å². The second-order valence-electron chi connectivity index (χ2n) is 4.48. The summed E-state index contributed by atoms with van der Waals surface area (Å²) in [7, 11) is 0. The van der Waals surface area contributed by atoms with E-state index in [1.54, 1.807) is 6.20 Å². The Hall–Kier alpha value is -0.990. The smallest absolute Gasteiger partial charge is 0.0719 e.